The van der Waals surface area contributed by atoms with Gasteiger partial charge in [0.1, 0.15) is 51.9 Å². The molecule has 0 radical (unpaired) electrons. The van der Waals surface area contributed by atoms with Gasteiger partial charge in [0.05, 0.1) is 37.8 Å². The summed E-state index contributed by atoms with van der Waals surface area (Å²) in [7, 11) is 4.49. The lowest BCUT2D eigenvalue weighted by atomic mass is 9.78. The number of unbranched alkanes of at least 4 members (excludes halogenated alkanes) is 3. The molecule has 3 heterocycles. The molecule has 0 unspecified atom stereocenters. The van der Waals surface area contributed by atoms with Crippen LogP contribution in [0.3, 0.4) is 0 Å². The number of primary amides is 1. The summed E-state index contributed by atoms with van der Waals surface area (Å²) in [5, 5.41) is 20.3. The van der Waals surface area contributed by atoms with Gasteiger partial charge >= 0.3 is 18.1 Å². The van der Waals surface area contributed by atoms with Crippen LogP contribution in [0.2, 0.25) is 5.02 Å². The van der Waals surface area contributed by atoms with E-state index >= 15 is 0 Å². The van der Waals surface area contributed by atoms with Gasteiger partial charge in [0.15, 0.2) is 5.78 Å². The van der Waals surface area contributed by atoms with Gasteiger partial charge in [-0.3, -0.25) is 34.1 Å². The van der Waals surface area contributed by atoms with Crippen LogP contribution in [0.1, 0.15) is 142 Å². The Morgan fingerprint density at radius 1 is 0.988 bits per heavy atom. The van der Waals surface area contributed by atoms with Crippen LogP contribution in [0, 0.1) is 23.7 Å². The van der Waals surface area contributed by atoms with Crippen molar-refractivity contribution in [2.75, 3.05) is 38.0 Å². The van der Waals surface area contributed by atoms with Crippen molar-refractivity contribution in [1.29, 1.82) is 0 Å². The van der Waals surface area contributed by atoms with Crippen LogP contribution in [-0.4, -0.2) is 122 Å². The van der Waals surface area contributed by atoms with Crippen molar-refractivity contribution in [3.63, 3.8) is 0 Å². The molecule has 5 amide bonds. The van der Waals surface area contributed by atoms with Gasteiger partial charge in [-0.05, 0) is 100 Å². The van der Waals surface area contributed by atoms with Crippen LogP contribution in [-0.2, 0) is 60.6 Å². The summed E-state index contributed by atoms with van der Waals surface area (Å²) in [5.74, 6) is -2.37. The third-order valence-electron chi connectivity index (χ3n) is 16.5. The second-order valence-corrected chi connectivity index (χ2v) is 23.4. The topological polar surface area (TPSA) is 272 Å². The number of anilines is 2. The molecule has 3 aliphatic heterocycles. The number of ketones is 3. The van der Waals surface area contributed by atoms with Crippen molar-refractivity contribution in [3.05, 3.63) is 76.3 Å². The number of hydrogen-bond donors (Lipinski definition) is 5. The number of carbonyl (C=O) groups excluding carboxylic acids is 8. The van der Waals surface area contributed by atoms with Gasteiger partial charge in [0.2, 0.25) is 11.8 Å². The zero-order chi connectivity index (χ0) is 59.2. The molecule has 3 fully saturated rings. The molecular formula is C61H84ClN5O14. The van der Waals surface area contributed by atoms with E-state index in [1.807, 2.05) is 26.8 Å². The third-order valence-corrected chi connectivity index (χ3v) is 16.9. The molecule has 0 spiro atoms. The molecule has 2 aromatic rings. The first-order valence-electron chi connectivity index (χ1n) is 28.5. The number of allylic oxidation sites excluding steroid dienone is 3. The molecule has 20 heteroatoms. The molecule has 1 aliphatic carbocycles. The average molecular weight is 1150 g/mol. The molecule has 0 aromatic heterocycles. The number of benzene rings is 2. The Kier molecular flexibility index (Phi) is 23.1. The Bertz CT molecular complexity index is 2660. The molecule has 2 aromatic carbocycles. The second kappa shape index (κ2) is 29.2. The highest BCUT2D eigenvalue weighted by Crippen LogP contribution is 2.50. The van der Waals surface area contributed by atoms with Gasteiger partial charge in [-0.1, -0.05) is 87.6 Å². The monoisotopic (exact) mass is 1150 g/mol. The number of amides is 5. The number of rotatable bonds is 24. The zero-order valence-corrected chi connectivity index (χ0v) is 49.0. The number of aliphatic hydroxyl groups is 1. The number of ether oxygens (including phenoxy) is 5. The van der Waals surface area contributed by atoms with Crippen molar-refractivity contribution in [2.45, 2.75) is 185 Å². The predicted molar refractivity (Wildman–Crippen MR) is 306 cm³/mol. The van der Waals surface area contributed by atoms with Crippen LogP contribution in [0.5, 0.6) is 5.75 Å². The van der Waals surface area contributed by atoms with Gasteiger partial charge < -0.3 is 50.1 Å². The number of nitrogens with zero attached hydrogens (tertiary/aromatic N) is 1. The minimum absolute atomic E-state index is 0.0126. The number of methoxy groups -OCH3 is 2. The molecule has 81 heavy (non-hydrogen) atoms. The van der Waals surface area contributed by atoms with Gasteiger partial charge in [-0.25, -0.2) is 9.59 Å². The number of carbonyl (C=O) groups is 8. The number of nitrogens with one attached hydrogen (secondary N) is 3. The van der Waals surface area contributed by atoms with Crippen molar-refractivity contribution in [2.24, 2.45) is 29.4 Å². The summed E-state index contributed by atoms with van der Waals surface area (Å²) in [4.78, 5) is 108. The second-order valence-electron chi connectivity index (χ2n) is 23.1. The molecule has 2 saturated heterocycles. The van der Waals surface area contributed by atoms with Crippen LogP contribution in [0.25, 0.3) is 0 Å². The van der Waals surface area contributed by atoms with Gasteiger partial charge in [-0.15, -0.1) is 0 Å². The Labute approximate surface area is 481 Å². The van der Waals surface area contributed by atoms with E-state index in [9.17, 15) is 43.5 Å². The van der Waals surface area contributed by atoms with Crippen LogP contribution < -0.4 is 31.3 Å². The number of Topliss-reactive ketones (excluding diaryl/α,β-unsaturated/α-hetero) is 3. The average Bonchev–Trinajstić information content (AvgIpc) is 4.31. The molecule has 4 aliphatic rings. The maximum atomic E-state index is 14.4. The van der Waals surface area contributed by atoms with E-state index in [1.165, 1.54) is 19.1 Å². The summed E-state index contributed by atoms with van der Waals surface area (Å²) < 4.78 is 29.6. The molecule has 6 rings (SSSR count). The lowest BCUT2D eigenvalue weighted by molar-refractivity contribution is -0.187. The molecule has 444 valence electrons. The standard InChI is InChI=1S/C61H84ClN5O14/c1-36(2)44(32-43(68)19-11-9-10-12-21-47(69)41-17-14-18-41)57(73)66-45(20-15-27-64-58(63)74)48(70)30-39-23-25-42(26-24-39)65-59(75)80-52-33-53(71)67(6)46-29-40(31-49(77-7)55(46)62)28-37(3)16-13-22-51(78-8)61(76)34-50(79-54(72)35-61)38(4)56-60(52,5)81-56/h13,16,22-26,29,31,36,38,41,44-45,50-52,56,76H,9-12,14-15,17-21,27-28,30,32-35H2,1-8H3,(H,65,75)(H,66,73)(H3,63,64,74)/b22-13+,37-16+/t38-,44+,45+,50+,51-,52+,56+,60+,61-/m1/s1. The van der Waals surface area contributed by atoms with Crippen molar-refractivity contribution < 1.29 is 67.1 Å². The van der Waals surface area contributed by atoms with E-state index in [0.717, 1.165) is 49.7 Å². The molecule has 1 saturated carbocycles. The lowest BCUT2D eigenvalue weighted by Gasteiger charge is -2.41. The highest BCUT2D eigenvalue weighted by atomic mass is 35.5. The number of esters is 1. The smallest absolute Gasteiger partial charge is 0.412 e. The molecule has 4 bridgehead atoms. The van der Waals surface area contributed by atoms with Crippen LogP contribution in [0.4, 0.5) is 21.0 Å². The summed E-state index contributed by atoms with van der Waals surface area (Å²) >= 11 is 6.84. The SMILES string of the molecule is COc1cc2cc(c1Cl)N(C)C(=O)C[C@H](OC(=O)Nc1ccc(CC(=O)[C@H](CCCNC(N)=O)NC(=O)[C@@H](CC(=O)CCCCCCC(=O)C3CCC3)C(C)C)cc1)[C@]1(C)O[C@H]1[C@H](C)[C@@H]1C[C@@](O)(CC(=O)O1)[C@H](OC)/C=C/C=C(\C)C2. The minimum Gasteiger partial charge on any atom is -0.495 e. The van der Waals surface area contributed by atoms with Gasteiger partial charge in [0, 0.05) is 76.2 Å². The fraction of sp³-hybridized carbons (Fsp3) is 0.607. The largest absolute Gasteiger partial charge is 0.495 e. The molecule has 9 atom stereocenters. The number of halogens is 1. The van der Waals surface area contributed by atoms with E-state index in [2.05, 4.69) is 16.0 Å². The van der Waals surface area contributed by atoms with E-state index in [4.69, 9.17) is 41.0 Å². The zero-order valence-electron chi connectivity index (χ0n) is 48.3. The lowest BCUT2D eigenvalue weighted by Crippen LogP contribution is -2.53. The number of epoxide rings is 1. The maximum Gasteiger partial charge on any atom is 0.412 e. The van der Waals surface area contributed by atoms with E-state index in [1.54, 1.807) is 69.4 Å². The fourth-order valence-corrected chi connectivity index (χ4v) is 11.5. The summed E-state index contributed by atoms with van der Waals surface area (Å²) in [6.07, 6.45) is 8.19. The van der Waals surface area contributed by atoms with Crippen molar-refractivity contribution >= 4 is 70.2 Å². The van der Waals surface area contributed by atoms with Crippen LogP contribution >= 0.6 is 11.6 Å². The Balaban J connectivity index is 1.13. The molecule has 19 nitrogen and oxygen atoms in total. The first-order chi connectivity index (χ1) is 38.4. The first kappa shape index (κ1) is 64.0. The summed E-state index contributed by atoms with van der Waals surface area (Å²) in [6, 6.07) is 8.33. The summed E-state index contributed by atoms with van der Waals surface area (Å²) in [5.41, 5.74) is 5.28. The van der Waals surface area contributed by atoms with Gasteiger partial charge in [0.25, 0.3) is 0 Å². The normalized spacial score (nSPS) is 25.8. The Hall–Kier alpha value is -6.15. The number of nitrogens with two attached hydrogens (primary N) is 1. The van der Waals surface area contributed by atoms with E-state index < -0.39 is 83.4 Å². The number of fused-ring (bicyclic) bond motifs is 5. The van der Waals surface area contributed by atoms with Gasteiger partial charge in [-0.2, -0.15) is 0 Å². The van der Waals surface area contributed by atoms with E-state index in [0.29, 0.717) is 60.6 Å². The summed E-state index contributed by atoms with van der Waals surface area (Å²) in [6.45, 7) is 9.32. The van der Waals surface area contributed by atoms with Crippen molar-refractivity contribution in [1.82, 2.24) is 10.6 Å². The minimum atomic E-state index is -1.63. The number of hydrogen-bond acceptors (Lipinski definition) is 14. The highest BCUT2D eigenvalue weighted by Gasteiger charge is 2.64. The first-order valence-corrected chi connectivity index (χ1v) is 28.9. The van der Waals surface area contributed by atoms with Crippen molar-refractivity contribution in [3.8, 4) is 5.75 Å². The van der Waals surface area contributed by atoms with E-state index in [-0.39, 0.29) is 73.5 Å². The highest BCUT2D eigenvalue weighted by molar-refractivity contribution is 6.35. The Morgan fingerprint density at radius 2 is 1.69 bits per heavy atom. The molecular weight excluding hydrogens is 1060 g/mol. The predicted octanol–water partition coefficient (Wildman–Crippen LogP) is 8.61. The Morgan fingerprint density at radius 3 is 2.33 bits per heavy atom. The maximum absolute atomic E-state index is 14.4. The molecule has 6 N–H and O–H groups in total. The quantitative estimate of drug-likeness (QED) is 0.0374. The number of urea groups is 1. The fourth-order valence-electron chi connectivity index (χ4n) is 11.2. The van der Waals surface area contributed by atoms with Crippen LogP contribution in [0.15, 0.2) is 60.2 Å². The third kappa shape index (κ3) is 17.7.